The number of amides is 1. The second kappa shape index (κ2) is 10.0. The highest BCUT2D eigenvalue weighted by atomic mass is 32.2. The molecule has 4 rings (SSSR count). The summed E-state index contributed by atoms with van der Waals surface area (Å²) in [6.07, 6.45) is 1.56. The number of hydrogen-bond donors (Lipinski definition) is 1. The zero-order valence-electron chi connectivity index (χ0n) is 19.2. The molecule has 176 valence electrons. The maximum atomic E-state index is 12.6. The summed E-state index contributed by atoms with van der Waals surface area (Å²) < 4.78 is 22.6. The van der Waals surface area contributed by atoms with Gasteiger partial charge < -0.3 is 18.9 Å². The van der Waals surface area contributed by atoms with Crippen LogP contribution in [0.3, 0.4) is 0 Å². The van der Waals surface area contributed by atoms with Gasteiger partial charge in [0.05, 0.1) is 24.8 Å². The van der Waals surface area contributed by atoms with E-state index >= 15 is 0 Å². The second-order valence-corrected chi connectivity index (χ2v) is 8.56. The average molecular weight is 481 g/mol. The zero-order valence-corrected chi connectivity index (χ0v) is 20.1. The number of fused-ring (bicyclic) bond motifs is 1. The molecule has 1 N–H and O–H groups in total. The van der Waals surface area contributed by atoms with Crippen molar-refractivity contribution in [2.45, 2.75) is 13.8 Å². The van der Waals surface area contributed by atoms with E-state index < -0.39 is 5.91 Å². The first kappa shape index (κ1) is 23.4. The summed E-state index contributed by atoms with van der Waals surface area (Å²) in [6.45, 7) is 4.42. The Morgan fingerprint density at radius 3 is 2.32 bits per heavy atom. The summed E-state index contributed by atoms with van der Waals surface area (Å²) >= 11 is 1.26. The van der Waals surface area contributed by atoms with Crippen molar-refractivity contribution in [2.24, 2.45) is 10.1 Å². The highest BCUT2D eigenvalue weighted by molar-refractivity contribution is 8.26. The first-order chi connectivity index (χ1) is 16.4. The molecule has 0 aliphatic carbocycles. The van der Waals surface area contributed by atoms with Crippen LogP contribution in [-0.4, -0.2) is 54.4 Å². The molecule has 0 atom stereocenters. The van der Waals surface area contributed by atoms with Gasteiger partial charge in [0.25, 0.3) is 5.91 Å². The normalized spacial score (nSPS) is 16.2. The Morgan fingerprint density at radius 1 is 1.03 bits per heavy atom. The summed E-state index contributed by atoms with van der Waals surface area (Å²) in [7, 11) is 3.04. The van der Waals surface area contributed by atoms with Crippen molar-refractivity contribution < 1.29 is 23.7 Å². The van der Waals surface area contributed by atoms with Crippen LogP contribution in [0.15, 0.2) is 52.1 Å². The number of aliphatic imine (C=N–C) groups is 1. The number of benzene rings is 2. The minimum atomic E-state index is -0.500. The SMILES string of the molecule is COc1cc(C=C2C(=N)N3N=C(C)SC3=NC2=O)cc(OC)c1OCCOc1ccc(C)cc1. The molecule has 0 saturated carbocycles. The molecular weight excluding hydrogens is 456 g/mol. The molecule has 34 heavy (non-hydrogen) atoms. The lowest BCUT2D eigenvalue weighted by molar-refractivity contribution is -0.114. The molecule has 0 spiro atoms. The van der Waals surface area contributed by atoms with Gasteiger partial charge in [-0.15, -0.1) is 0 Å². The average Bonchev–Trinajstić information content (AvgIpc) is 3.20. The molecular formula is C24H24N4O5S. The largest absolute Gasteiger partial charge is 0.493 e. The zero-order chi connectivity index (χ0) is 24.2. The third kappa shape index (κ3) is 4.91. The maximum Gasteiger partial charge on any atom is 0.283 e. The van der Waals surface area contributed by atoms with Gasteiger partial charge in [0.15, 0.2) is 17.3 Å². The molecule has 2 aromatic rings. The van der Waals surface area contributed by atoms with Crippen molar-refractivity contribution in [3.05, 3.63) is 53.1 Å². The van der Waals surface area contributed by atoms with Crippen LogP contribution in [-0.2, 0) is 4.79 Å². The summed E-state index contributed by atoms with van der Waals surface area (Å²) in [6, 6.07) is 11.2. The molecule has 0 fully saturated rings. The molecule has 1 amide bonds. The van der Waals surface area contributed by atoms with Gasteiger partial charge in [-0.2, -0.15) is 15.1 Å². The van der Waals surface area contributed by atoms with Gasteiger partial charge in [-0.3, -0.25) is 10.2 Å². The van der Waals surface area contributed by atoms with Crippen molar-refractivity contribution in [1.82, 2.24) is 5.01 Å². The number of ether oxygens (including phenoxy) is 4. The fourth-order valence-corrected chi connectivity index (χ4v) is 4.05. The fourth-order valence-electron chi connectivity index (χ4n) is 3.32. The summed E-state index contributed by atoms with van der Waals surface area (Å²) in [4.78, 5) is 16.6. The van der Waals surface area contributed by atoms with Crippen LogP contribution in [0.2, 0.25) is 0 Å². The summed E-state index contributed by atoms with van der Waals surface area (Å²) in [5, 5.41) is 15.1. The summed E-state index contributed by atoms with van der Waals surface area (Å²) in [5.41, 5.74) is 1.87. The van der Waals surface area contributed by atoms with Gasteiger partial charge >= 0.3 is 0 Å². The molecule has 2 aromatic carbocycles. The van der Waals surface area contributed by atoms with E-state index in [1.54, 1.807) is 25.1 Å². The Balaban J connectivity index is 1.52. The predicted molar refractivity (Wildman–Crippen MR) is 132 cm³/mol. The molecule has 0 unspecified atom stereocenters. The first-order valence-corrected chi connectivity index (χ1v) is 11.3. The highest BCUT2D eigenvalue weighted by Crippen LogP contribution is 2.39. The van der Waals surface area contributed by atoms with Gasteiger partial charge in [0.1, 0.15) is 19.0 Å². The van der Waals surface area contributed by atoms with Crippen molar-refractivity contribution in [3.63, 3.8) is 0 Å². The van der Waals surface area contributed by atoms with E-state index in [9.17, 15) is 4.79 Å². The van der Waals surface area contributed by atoms with Gasteiger partial charge in [-0.1, -0.05) is 17.7 Å². The monoisotopic (exact) mass is 480 g/mol. The number of carbonyl (C=O) groups excluding carboxylic acids is 1. The molecule has 0 radical (unpaired) electrons. The molecule has 2 heterocycles. The van der Waals surface area contributed by atoms with Crippen LogP contribution < -0.4 is 18.9 Å². The first-order valence-electron chi connectivity index (χ1n) is 10.4. The smallest absolute Gasteiger partial charge is 0.283 e. The predicted octanol–water partition coefficient (Wildman–Crippen LogP) is 4.11. The molecule has 9 nitrogen and oxygen atoms in total. The van der Waals surface area contributed by atoms with E-state index in [2.05, 4.69) is 10.1 Å². The van der Waals surface area contributed by atoms with Crippen LogP contribution in [0, 0.1) is 12.3 Å². The molecule has 0 bridgehead atoms. The van der Waals surface area contributed by atoms with Gasteiger partial charge in [0, 0.05) is 0 Å². The van der Waals surface area contributed by atoms with Crippen LogP contribution in [0.1, 0.15) is 18.1 Å². The van der Waals surface area contributed by atoms with Crippen LogP contribution in [0.25, 0.3) is 6.08 Å². The van der Waals surface area contributed by atoms with E-state index in [4.69, 9.17) is 24.4 Å². The Labute approximate surface area is 201 Å². The standard InChI is InChI=1S/C24H24N4O5S/c1-14-5-7-17(8-6-14)32-9-10-33-21-19(30-3)12-16(13-20(21)31-4)11-18-22(25)28-24(26-23(18)29)34-15(2)27-28/h5-8,11-13,25H,9-10H2,1-4H3. The van der Waals surface area contributed by atoms with Crippen LogP contribution >= 0.6 is 11.8 Å². The molecule has 2 aliphatic rings. The Bertz CT molecular complexity index is 1200. The van der Waals surface area contributed by atoms with Gasteiger partial charge in [-0.05, 0) is 61.5 Å². The minimum absolute atomic E-state index is 0.0362. The maximum absolute atomic E-state index is 12.6. The quantitative estimate of drug-likeness (QED) is 0.448. The minimum Gasteiger partial charge on any atom is -0.493 e. The number of rotatable bonds is 8. The van der Waals surface area contributed by atoms with E-state index in [-0.39, 0.29) is 18.0 Å². The highest BCUT2D eigenvalue weighted by Gasteiger charge is 2.34. The summed E-state index contributed by atoms with van der Waals surface area (Å²) in [5.74, 6) is 1.49. The topological polar surface area (TPSA) is 106 Å². The van der Waals surface area contributed by atoms with Crippen molar-refractivity contribution in [2.75, 3.05) is 27.4 Å². The number of methoxy groups -OCH3 is 2. The number of amidine groups is 2. The van der Waals surface area contributed by atoms with Crippen molar-refractivity contribution >= 4 is 39.8 Å². The van der Waals surface area contributed by atoms with E-state index in [1.165, 1.54) is 31.0 Å². The lowest BCUT2D eigenvalue weighted by Crippen LogP contribution is -2.35. The third-order valence-corrected chi connectivity index (χ3v) is 5.79. The number of hydrazone groups is 1. The number of thioether (sulfide) groups is 1. The molecule has 0 aromatic heterocycles. The molecule has 2 aliphatic heterocycles. The lowest BCUT2D eigenvalue weighted by Gasteiger charge is -2.20. The van der Waals surface area contributed by atoms with Crippen LogP contribution in [0.4, 0.5) is 0 Å². The number of carbonyl (C=O) groups is 1. The number of aryl methyl sites for hydroxylation is 1. The fraction of sp³-hybridized carbons (Fsp3) is 0.250. The van der Waals surface area contributed by atoms with Crippen LogP contribution in [0.5, 0.6) is 23.0 Å². The molecule has 0 saturated heterocycles. The molecule has 10 heteroatoms. The lowest BCUT2D eigenvalue weighted by atomic mass is 10.1. The van der Waals surface area contributed by atoms with E-state index in [0.717, 1.165) is 11.3 Å². The number of nitrogens with one attached hydrogen (secondary N) is 1. The van der Waals surface area contributed by atoms with E-state index in [1.807, 2.05) is 31.2 Å². The number of nitrogens with zero attached hydrogens (tertiary/aromatic N) is 3. The van der Waals surface area contributed by atoms with Crippen molar-refractivity contribution in [1.29, 1.82) is 5.41 Å². The van der Waals surface area contributed by atoms with Crippen molar-refractivity contribution in [3.8, 4) is 23.0 Å². The van der Waals surface area contributed by atoms with Gasteiger partial charge in [0.2, 0.25) is 10.9 Å². The Hall–Kier alpha value is -3.79. The second-order valence-electron chi connectivity index (χ2n) is 7.40. The Morgan fingerprint density at radius 2 is 1.68 bits per heavy atom. The van der Waals surface area contributed by atoms with E-state index in [0.29, 0.717) is 39.6 Å². The third-order valence-electron chi connectivity index (χ3n) is 4.97. The number of hydrogen-bond acceptors (Lipinski definition) is 8. The van der Waals surface area contributed by atoms with Gasteiger partial charge in [-0.25, -0.2) is 0 Å². The Kier molecular flexibility index (Phi) is 6.87.